The zero-order chi connectivity index (χ0) is 22.5. The molecule has 168 valence electrons. The molecule has 1 unspecified atom stereocenters. The molecule has 0 aliphatic heterocycles. The zero-order valence-electron chi connectivity index (χ0n) is 19.4. The average Bonchev–Trinajstić information content (AvgIpc) is 2.80. The van der Waals surface area contributed by atoms with Gasteiger partial charge in [0.15, 0.2) is 0 Å². The first-order valence-electron chi connectivity index (χ1n) is 11.8. The topological polar surface area (TPSA) is 49.4 Å². The van der Waals surface area contributed by atoms with Crippen molar-refractivity contribution in [2.24, 2.45) is 0 Å². The molecule has 1 atom stereocenters. The van der Waals surface area contributed by atoms with E-state index in [4.69, 9.17) is 0 Å². The van der Waals surface area contributed by atoms with Crippen molar-refractivity contribution in [2.45, 2.75) is 84.6 Å². The van der Waals surface area contributed by atoms with Gasteiger partial charge in [0.25, 0.3) is 11.8 Å². The fourth-order valence-electron chi connectivity index (χ4n) is 3.75. The normalized spacial score (nSPS) is 11.7. The van der Waals surface area contributed by atoms with E-state index in [-0.39, 0.29) is 17.9 Å². The molecule has 0 heterocycles. The van der Waals surface area contributed by atoms with Gasteiger partial charge in [-0.2, -0.15) is 0 Å². The second kappa shape index (κ2) is 13.6. The van der Waals surface area contributed by atoms with Crippen molar-refractivity contribution in [3.63, 3.8) is 0 Å². The van der Waals surface area contributed by atoms with Crippen LogP contribution in [0.3, 0.4) is 0 Å². The highest BCUT2D eigenvalue weighted by molar-refractivity contribution is 5.99. The van der Waals surface area contributed by atoms with Gasteiger partial charge in [-0.05, 0) is 44.0 Å². The Morgan fingerprint density at radius 2 is 1.35 bits per heavy atom. The SMILES string of the molecule is CCCCCCC(CCCCC)N(NC(=O)c1ccc(C)cc1)C(=O)c1ccccc1. The lowest BCUT2D eigenvalue weighted by molar-refractivity contribution is 0.0449. The number of hydrogen-bond donors (Lipinski definition) is 1. The highest BCUT2D eigenvalue weighted by Gasteiger charge is 2.26. The number of rotatable bonds is 12. The molecule has 0 fully saturated rings. The lowest BCUT2D eigenvalue weighted by Crippen LogP contribution is -2.52. The molecule has 0 saturated carbocycles. The molecular weight excluding hydrogens is 384 g/mol. The third-order valence-electron chi connectivity index (χ3n) is 5.67. The monoisotopic (exact) mass is 422 g/mol. The van der Waals surface area contributed by atoms with Gasteiger partial charge in [-0.3, -0.25) is 15.0 Å². The molecular formula is C27H38N2O2. The number of carbonyl (C=O) groups is 2. The van der Waals surface area contributed by atoms with Crippen LogP contribution in [-0.4, -0.2) is 22.9 Å². The fraction of sp³-hybridized carbons (Fsp3) is 0.481. The number of hydrogen-bond acceptors (Lipinski definition) is 2. The number of carbonyl (C=O) groups excluding carboxylic acids is 2. The second-order valence-electron chi connectivity index (χ2n) is 8.35. The molecule has 0 aliphatic carbocycles. The molecule has 4 nitrogen and oxygen atoms in total. The second-order valence-corrected chi connectivity index (χ2v) is 8.35. The summed E-state index contributed by atoms with van der Waals surface area (Å²) in [5.74, 6) is -0.378. The van der Waals surface area contributed by atoms with Crippen molar-refractivity contribution >= 4 is 11.8 Å². The molecule has 0 radical (unpaired) electrons. The lowest BCUT2D eigenvalue weighted by Gasteiger charge is -2.32. The summed E-state index contributed by atoms with van der Waals surface area (Å²) < 4.78 is 0. The van der Waals surface area contributed by atoms with Crippen molar-refractivity contribution < 1.29 is 9.59 Å². The van der Waals surface area contributed by atoms with Gasteiger partial charge >= 0.3 is 0 Å². The van der Waals surface area contributed by atoms with E-state index in [9.17, 15) is 9.59 Å². The summed E-state index contributed by atoms with van der Waals surface area (Å²) >= 11 is 0. The van der Waals surface area contributed by atoms with Gasteiger partial charge in [0.2, 0.25) is 0 Å². The Morgan fingerprint density at radius 1 is 0.774 bits per heavy atom. The largest absolute Gasteiger partial charge is 0.272 e. The van der Waals surface area contributed by atoms with Crippen LogP contribution in [0.1, 0.15) is 97.9 Å². The number of hydrazine groups is 1. The summed E-state index contributed by atoms with van der Waals surface area (Å²) in [5, 5.41) is 1.61. The summed E-state index contributed by atoms with van der Waals surface area (Å²) in [4.78, 5) is 26.4. The Kier molecular flexibility index (Phi) is 10.8. The quantitative estimate of drug-likeness (QED) is 0.305. The van der Waals surface area contributed by atoms with E-state index in [1.807, 2.05) is 61.5 Å². The Balaban J connectivity index is 2.25. The van der Waals surface area contributed by atoms with Crippen LogP contribution in [0.25, 0.3) is 0 Å². The molecule has 0 aromatic heterocycles. The standard InChI is InChI=1S/C27H38N2O2/c1-4-6-8-13-17-25(16-10-7-5-2)29(27(31)24-14-11-9-12-15-24)28-26(30)23-20-18-22(3)19-21-23/h9,11-12,14-15,18-21,25H,4-8,10,13,16-17H2,1-3H3,(H,28,30). The molecule has 31 heavy (non-hydrogen) atoms. The van der Waals surface area contributed by atoms with Crippen LogP contribution >= 0.6 is 0 Å². The number of benzene rings is 2. The molecule has 0 saturated heterocycles. The predicted octanol–water partition coefficient (Wildman–Crippen LogP) is 6.70. The van der Waals surface area contributed by atoms with Crippen molar-refractivity contribution in [3.05, 3.63) is 71.3 Å². The zero-order valence-corrected chi connectivity index (χ0v) is 19.4. The van der Waals surface area contributed by atoms with Crippen molar-refractivity contribution in [3.8, 4) is 0 Å². The molecule has 2 aromatic rings. The molecule has 0 bridgehead atoms. The van der Waals surface area contributed by atoms with E-state index >= 15 is 0 Å². The highest BCUT2D eigenvalue weighted by Crippen LogP contribution is 2.19. The van der Waals surface area contributed by atoms with Crippen molar-refractivity contribution in [1.82, 2.24) is 10.4 Å². The van der Waals surface area contributed by atoms with Gasteiger partial charge in [0.1, 0.15) is 0 Å². The number of unbranched alkanes of at least 4 members (excludes halogenated alkanes) is 5. The minimum Gasteiger partial charge on any atom is -0.267 e. The Bertz CT molecular complexity index is 787. The highest BCUT2D eigenvalue weighted by atomic mass is 16.2. The number of nitrogens with zero attached hydrogens (tertiary/aromatic N) is 1. The van der Waals surface area contributed by atoms with E-state index in [0.29, 0.717) is 11.1 Å². The molecule has 2 aromatic carbocycles. The van der Waals surface area contributed by atoms with Crippen LogP contribution in [0.4, 0.5) is 0 Å². The summed E-state index contributed by atoms with van der Waals surface area (Å²) in [7, 11) is 0. The Labute approximate surface area is 188 Å². The minimum absolute atomic E-state index is 0.00879. The summed E-state index contributed by atoms with van der Waals surface area (Å²) in [6.45, 7) is 6.38. The molecule has 0 spiro atoms. The van der Waals surface area contributed by atoms with Crippen LogP contribution in [0, 0.1) is 6.92 Å². The molecule has 0 aliphatic rings. The van der Waals surface area contributed by atoms with E-state index < -0.39 is 0 Å². The Hall–Kier alpha value is -2.62. The molecule has 2 rings (SSSR count). The van der Waals surface area contributed by atoms with Crippen molar-refractivity contribution in [1.29, 1.82) is 0 Å². The predicted molar refractivity (Wildman–Crippen MR) is 128 cm³/mol. The molecule has 1 N–H and O–H groups in total. The van der Waals surface area contributed by atoms with Crippen LogP contribution in [0.5, 0.6) is 0 Å². The first-order valence-corrected chi connectivity index (χ1v) is 11.8. The van der Waals surface area contributed by atoms with E-state index in [1.54, 1.807) is 5.01 Å². The maximum atomic E-state index is 13.4. The number of amides is 2. The average molecular weight is 423 g/mol. The van der Waals surface area contributed by atoms with Gasteiger partial charge in [-0.25, -0.2) is 5.01 Å². The number of nitrogens with one attached hydrogen (secondary N) is 1. The van der Waals surface area contributed by atoms with Crippen molar-refractivity contribution in [2.75, 3.05) is 0 Å². The van der Waals surface area contributed by atoms with Crippen LogP contribution in [0.2, 0.25) is 0 Å². The van der Waals surface area contributed by atoms with E-state index in [0.717, 1.165) is 50.5 Å². The van der Waals surface area contributed by atoms with Crippen LogP contribution in [-0.2, 0) is 0 Å². The summed E-state index contributed by atoms with van der Waals surface area (Å²) in [6.07, 6.45) is 9.69. The van der Waals surface area contributed by atoms with Gasteiger partial charge in [0.05, 0.1) is 6.04 Å². The van der Waals surface area contributed by atoms with Gasteiger partial charge in [-0.1, -0.05) is 94.7 Å². The first kappa shape index (κ1) is 24.6. The first-order chi connectivity index (χ1) is 15.1. The van der Waals surface area contributed by atoms with Gasteiger partial charge in [-0.15, -0.1) is 0 Å². The third kappa shape index (κ3) is 8.20. The van der Waals surface area contributed by atoms with Crippen LogP contribution in [0.15, 0.2) is 54.6 Å². The number of aryl methyl sites for hydroxylation is 1. The van der Waals surface area contributed by atoms with E-state index in [1.165, 1.54) is 12.8 Å². The molecule has 4 heteroatoms. The smallest absolute Gasteiger partial charge is 0.267 e. The fourth-order valence-corrected chi connectivity index (χ4v) is 3.75. The van der Waals surface area contributed by atoms with Gasteiger partial charge in [0, 0.05) is 11.1 Å². The minimum atomic E-state index is -0.238. The maximum absolute atomic E-state index is 13.4. The third-order valence-corrected chi connectivity index (χ3v) is 5.67. The van der Waals surface area contributed by atoms with Crippen LogP contribution < -0.4 is 5.43 Å². The summed E-state index contributed by atoms with van der Waals surface area (Å²) in [6, 6.07) is 16.7. The van der Waals surface area contributed by atoms with E-state index in [2.05, 4.69) is 19.3 Å². The molecule has 2 amide bonds. The summed E-state index contributed by atoms with van der Waals surface area (Å²) in [5.41, 5.74) is 5.23. The lowest BCUT2D eigenvalue weighted by atomic mass is 10.00. The Morgan fingerprint density at radius 3 is 1.97 bits per heavy atom. The maximum Gasteiger partial charge on any atom is 0.272 e. The van der Waals surface area contributed by atoms with Gasteiger partial charge < -0.3 is 0 Å².